The highest BCUT2D eigenvalue weighted by atomic mass is 32.2. The number of carbonyl (C=O) groups excluding carboxylic acids is 3. The van der Waals surface area contributed by atoms with Gasteiger partial charge in [0.2, 0.25) is 5.91 Å². The van der Waals surface area contributed by atoms with Gasteiger partial charge in [-0.1, -0.05) is 63.3 Å². The quantitative estimate of drug-likeness (QED) is 0.159. The third-order valence-corrected chi connectivity index (χ3v) is 11.8. The number of carbonyl (C=O) groups is 3. The zero-order chi connectivity index (χ0) is 31.6. The summed E-state index contributed by atoms with van der Waals surface area (Å²) in [6.45, 7) is 14.2. The minimum Gasteiger partial charge on any atom is -0.465 e. The maximum Gasteiger partial charge on any atom is 0.310 e. The van der Waals surface area contributed by atoms with Crippen LogP contribution in [0.3, 0.4) is 0 Å². The molecule has 2 aromatic rings. The first-order valence-corrected chi connectivity index (χ1v) is 16.9. The second-order valence-corrected chi connectivity index (χ2v) is 14.5. The summed E-state index contributed by atoms with van der Waals surface area (Å²) in [6, 6.07) is 12.6. The summed E-state index contributed by atoms with van der Waals surface area (Å²) >= 11 is 1.63. The zero-order valence-electron chi connectivity index (χ0n) is 26.2. The van der Waals surface area contributed by atoms with Crippen LogP contribution in [0.4, 0.5) is 5.69 Å². The number of unbranched alkanes of at least 4 members (excludes halogenated alkanes) is 2. The average molecular weight is 619 g/mol. The second kappa shape index (κ2) is 13.5. The molecule has 0 aliphatic carbocycles. The number of esters is 1. The number of thioether (sulfide) groups is 1. The molecule has 7 atom stereocenters. The van der Waals surface area contributed by atoms with Gasteiger partial charge in [0, 0.05) is 17.5 Å². The van der Waals surface area contributed by atoms with E-state index in [1.54, 1.807) is 27.6 Å². The molecule has 0 aromatic heterocycles. The van der Waals surface area contributed by atoms with Crippen molar-refractivity contribution in [1.82, 2.24) is 4.90 Å². The van der Waals surface area contributed by atoms with Gasteiger partial charge >= 0.3 is 5.97 Å². The molecule has 7 nitrogen and oxygen atoms in total. The lowest BCUT2D eigenvalue weighted by Crippen LogP contribution is -2.59. The molecule has 2 amide bonds. The van der Waals surface area contributed by atoms with Crippen molar-refractivity contribution in [3.8, 4) is 0 Å². The van der Waals surface area contributed by atoms with Gasteiger partial charge in [-0.25, -0.2) is 0 Å². The van der Waals surface area contributed by atoms with E-state index in [-0.39, 0.29) is 48.0 Å². The van der Waals surface area contributed by atoms with Gasteiger partial charge in [-0.15, -0.1) is 24.9 Å². The Kier molecular flexibility index (Phi) is 9.90. The summed E-state index contributed by atoms with van der Waals surface area (Å²) in [5.41, 5.74) is 0.728. The molecule has 8 heteroatoms. The van der Waals surface area contributed by atoms with Crippen molar-refractivity contribution in [3.05, 3.63) is 67.8 Å². The Morgan fingerprint density at radius 1 is 1.16 bits per heavy atom. The SMILES string of the molecule is C=CCCCCOC(=O)[C@@H]1[C@@H]2CC(C)C3(S2)C(C(=O)N(CC=C)c2ccc4ccccc4c2)N([C@@H](CO)CC(C)C)C(=O)[C@H]13. The number of allylic oxidation sites excluding steroid dienone is 1. The highest BCUT2D eigenvalue weighted by molar-refractivity contribution is 8.02. The van der Waals surface area contributed by atoms with Crippen molar-refractivity contribution in [1.29, 1.82) is 0 Å². The van der Waals surface area contributed by atoms with Gasteiger partial charge in [-0.2, -0.15) is 0 Å². The van der Waals surface area contributed by atoms with Crippen LogP contribution in [0.1, 0.15) is 52.9 Å². The first-order chi connectivity index (χ1) is 21.2. The predicted molar refractivity (Wildman–Crippen MR) is 177 cm³/mol. The third kappa shape index (κ3) is 5.60. The van der Waals surface area contributed by atoms with Crippen LogP contribution in [0.25, 0.3) is 10.8 Å². The standard InChI is InChI=1S/C36H46N2O5S/c1-6-8-9-12-18-43-35(42)30-29-20-24(5)36(44-29)31(30)33(40)38(28(22-39)19-23(3)4)32(36)34(41)37(17-7-2)27-16-15-25-13-10-11-14-26(25)21-27/h6-7,10-11,13-16,21,23-24,28-32,39H,1-2,8-9,12,17-20,22H2,3-5H3/t24?,28-,29+,30-,31+,32?,36?/m1/s1. The van der Waals surface area contributed by atoms with E-state index >= 15 is 4.79 Å². The molecular formula is C36H46N2O5S. The summed E-state index contributed by atoms with van der Waals surface area (Å²) < 4.78 is 4.98. The van der Waals surface area contributed by atoms with Crippen LogP contribution in [-0.4, -0.2) is 69.6 Å². The van der Waals surface area contributed by atoms with Gasteiger partial charge in [0.15, 0.2) is 0 Å². The number of nitrogens with zero attached hydrogens (tertiary/aromatic N) is 2. The first kappa shape index (κ1) is 32.3. The fraction of sp³-hybridized carbons (Fsp3) is 0.528. The van der Waals surface area contributed by atoms with E-state index in [9.17, 15) is 14.7 Å². The van der Waals surface area contributed by atoms with E-state index in [0.29, 0.717) is 13.0 Å². The van der Waals surface area contributed by atoms with Crippen molar-refractivity contribution in [3.63, 3.8) is 0 Å². The van der Waals surface area contributed by atoms with Crippen molar-refractivity contribution in [2.75, 3.05) is 24.7 Å². The maximum absolute atomic E-state index is 15.0. The lowest BCUT2D eigenvalue weighted by molar-refractivity contribution is -0.155. The molecular weight excluding hydrogens is 572 g/mol. The third-order valence-electron chi connectivity index (χ3n) is 9.71. The van der Waals surface area contributed by atoms with Crippen LogP contribution >= 0.6 is 11.8 Å². The number of fused-ring (bicyclic) bond motifs is 2. The van der Waals surface area contributed by atoms with Crippen LogP contribution in [-0.2, 0) is 19.1 Å². The molecule has 1 N–H and O–H groups in total. The highest BCUT2D eigenvalue weighted by Gasteiger charge is 2.77. The average Bonchev–Trinajstić information content (AvgIpc) is 3.61. The van der Waals surface area contributed by atoms with Crippen LogP contribution in [0.15, 0.2) is 67.8 Å². The molecule has 2 aromatic carbocycles. The Morgan fingerprint density at radius 3 is 2.59 bits per heavy atom. The Morgan fingerprint density at radius 2 is 1.91 bits per heavy atom. The molecule has 236 valence electrons. The van der Waals surface area contributed by atoms with Crippen molar-refractivity contribution in [2.24, 2.45) is 23.7 Å². The number of amides is 2. The minimum absolute atomic E-state index is 0.0163. The molecule has 3 saturated heterocycles. The Hall–Kier alpha value is -3.10. The highest BCUT2D eigenvalue weighted by Crippen LogP contribution is 2.69. The van der Waals surface area contributed by atoms with Crippen LogP contribution < -0.4 is 4.90 Å². The smallest absolute Gasteiger partial charge is 0.310 e. The van der Waals surface area contributed by atoms with Gasteiger partial charge < -0.3 is 19.6 Å². The summed E-state index contributed by atoms with van der Waals surface area (Å²) in [4.78, 5) is 46.7. The monoisotopic (exact) mass is 618 g/mol. The zero-order valence-corrected chi connectivity index (χ0v) is 27.0. The summed E-state index contributed by atoms with van der Waals surface area (Å²) in [6.07, 6.45) is 7.31. The van der Waals surface area contributed by atoms with E-state index in [1.165, 1.54) is 0 Å². The molecule has 5 rings (SSSR count). The molecule has 3 heterocycles. The van der Waals surface area contributed by atoms with Gasteiger partial charge in [0.25, 0.3) is 5.91 Å². The number of ether oxygens (including phenoxy) is 1. The van der Waals surface area contributed by atoms with Gasteiger partial charge in [-0.3, -0.25) is 14.4 Å². The van der Waals surface area contributed by atoms with Gasteiger partial charge in [0.1, 0.15) is 6.04 Å². The number of hydrogen-bond acceptors (Lipinski definition) is 6. The second-order valence-electron chi connectivity index (χ2n) is 13.0. The number of hydrogen-bond donors (Lipinski definition) is 1. The number of likely N-dealkylation sites (tertiary alicyclic amines) is 1. The number of rotatable bonds is 14. The van der Waals surface area contributed by atoms with Crippen molar-refractivity contribution >= 4 is 46.0 Å². The predicted octanol–water partition coefficient (Wildman–Crippen LogP) is 6.00. The van der Waals surface area contributed by atoms with Crippen LogP contribution in [0, 0.1) is 23.7 Å². The fourth-order valence-electron chi connectivity index (χ4n) is 7.82. The van der Waals surface area contributed by atoms with E-state index in [1.807, 2.05) is 62.4 Å². The van der Waals surface area contributed by atoms with Gasteiger partial charge in [0.05, 0.1) is 35.8 Å². The topological polar surface area (TPSA) is 87.2 Å². The van der Waals surface area contributed by atoms with Crippen LogP contribution in [0.2, 0.25) is 0 Å². The van der Waals surface area contributed by atoms with E-state index in [2.05, 4.69) is 20.1 Å². The molecule has 0 saturated carbocycles. The fourth-order valence-corrected chi connectivity index (χ4v) is 10.2. The van der Waals surface area contributed by atoms with Gasteiger partial charge in [-0.05, 0) is 66.8 Å². The molecule has 2 bridgehead atoms. The number of anilines is 1. The molecule has 3 unspecified atom stereocenters. The number of aliphatic hydroxyl groups excluding tert-OH is 1. The van der Waals surface area contributed by atoms with E-state index in [0.717, 1.165) is 42.1 Å². The summed E-state index contributed by atoms with van der Waals surface area (Å²) in [7, 11) is 0. The lowest BCUT2D eigenvalue weighted by atomic mass is 9.66. The lowest BCUT2D eigenvalue weighted by Gasteiger charge is -2.42. The maximum atomic E-state index is 15.0. The number of aliphatic hydroxyl groups is 1. The van der Waals surface area contributed by atoms with Crippen molar-refractivity contribution in [2.45, 2.75) is 75.0 Å². The summed E-state index contributed by atoms with van der Waals surface area (Å²) in [5, 5.41) is 12.6. The number of benzene rings is 2. The van der Waals surface area contributed by atoms with E-state index < -0.39 is 28.7 Å². The molecule has 0 radical (unpaired) electrons. The molecule has 1 spiro atoms. The molecule has 3 aliphatic rings. The molecule has 44 heavy (non-hydrogen) atoms. The minimum atomic E-state index is -0.835. The normalized spacial score (nSPS) is 27.9. The largest absolute Gasteiger partial charge is 0.465 e. The van der Waals surface area contributed by atoms with E-state index in [4.69, 9.17) is 4.74 Å². The van der Waals surface area contributed by atoms with Crippen molar-refractivity contribution < 1.29 is 24.2 Å². The Bertz CT molecular complexity index is 1410. The molecule has 3 fully saturated rings. The summed E-state index contributed by atoms with van der Waals surface area (Å²) in [5.74, 6) is -1.84. The molecule has 3 aliphatic heterocycles. The first-order valence-electron chi connectivity index (χ1n) is 16.0. The van der Waals surface area contributed by atoms with Crippen LogP contribution in [0.5, 0.6) is 0 Å². The Labute approximate surface area is 265 Å². The Balaban J connectivity index is 1.56.